The van der Waals surface area contributed by atoms with Crippen molar-refractivity contribution < 1.29 is 14.2 Å². The second kappa shape index (κ2) is 3.27. The molecule has 0 aromatic heterocycles. The summed E-state index contributed by atoms with van der Waals surface area (Å²) in [6, 6.07) is 0. The zero-order chi connectivity index (χ0) is 16.8. The van der Waals surface area contributed by atoms with Crippen molar-refractivity contribution in [3.8, 4) is 0 Å². The van der Waals surface area contributed by atoms with Gasteiger partial charge in [0.2, 0.25) is 0 Å². The average molecular weight is 354 g/mol. The molecule has 0 aromatic rings. The van der Waals surface area contributed by atoms with Gasteiger partial charge in [0.05, 0.1) is 0 Å². The van der Waals surface area contributed by atoms with Gasteiger partial charge in [0, 0.05) is 17.8 Å². The van der Waals surface area contributed by atoms with Gasteiger partial charge >= 0.3 is 0 Å². The lowest BCUT2D eigenvalue weighted by molar-refractivity contribution is -0.107. The van der Waals surface area contributed by atoms with Gasteiger partial charge in [-0.1, -0.05) is 45.4 Å². The monoisotopic (exact) mass is 354 g/mol. The Morgan fingerprint density at radius 1 is 0.462 bits per heavy atom. The van der Waals surface area contributed by atoms with Crippen LogP contribution in [0.2, 0.25) is 0 Å². The molecule has 9 rings (SSSR count). The summed E-state index contributed by atoms with van der Waals surface area (Å²) in [7, 11) is 0. The number of epoxide rings is 3. The van der Waals surface area contributed by atoms with Crippen LogP contribution in [0.3, 0.4) is 0 Å². The van der Waals surface area contributed by atoms with Gasteiger partial charge in [-0.25, -0.2) is 0 Å². The third kappa shape index (κ3) is 0.870. The highest BCUT2D eigenvalue weighted by Gasteiger charge is 3.10. The molecule has 6 saturated carbocycles. The lowest BCUT2D eigenvalue weighted by Gasteiger charge is -2.43. The second-order valence-corrected chi connectivity index (χ2v) is 11.9. The first-order valence-electron chi connectivity index (χ1n) is 11.7. The Balaban J connectivity index is 1.38. The summed E-state index contributed by atoms with van der Waals surface area (Å²) in [5.74, 6) is 2.00. The molecule has 140 valence electrons. The molecule has 9 aliphatic rings. The third-order valence-electron chi connectivity index (χ3n) is 11.8. The van der Waals surface area contributed by atoms with E-state index in [1.807, 2.05) is 0 Å². The molecule has 6 aliphatic carbocycles. The molecule has 3 heterocycles. The van der Waals surface area contributed by atoms with Gasteiger partial charge in [-0.15, -0.1) is 0 Å². The minimum atomic E-state index is 0.169. The zero-order valence-electron chi connectivity index (χ0n) is 15.9. The van der Waals surface area contributed by atoms with Crippen LogP contribution >= 0.6 is 0 Å². The summed E-state index contributed by atoms with van der Waals surface area (Å²) in [4.78, 5) is 0. The van der Waals surface area contributed by atoms with Crippen molar-refractivity contribution in [3.63, 3.8) is 0 Å². The van der Waals surface area contributed by atoms with Crippen LogP contribution < -0.4 is 0 Å². The van der Waals surface area contributed by atoms with Crippen LogP contribution in [0.4, 0.5) is 0 Å². The minimum Gasteiger partial charge on any atom is -0.362 e. The Morgan fingerprint density at radius 2 is 0.692 bits per heavy atom. The third-order valence-corrected chi connectivity index (χ3v) is 11.8. The molecule has 3 saturated heterocycles. The van der Waals surface area contributed by atoms with Gasteiger partial charge < -0.3 is 14.2 Å². The molecule has 0 aromatic carbocycles. The molecule has 0 bridgehead atoms. The molecule has 0 radical (unpaired) electrons. The molecule has 3 nitrogen and oxygen atoms in total. The average Bonchev–Trinajstić information content (AvgIpc) is 3.52. The predicted molar refractivity (Wildman–Crippen MR) is 93.6 cm³/mol. The lowest BCUT2D eigenvalue weighted by atomic mass is 9.66. The van der Waals surface area contributed by atoms with Crippen LogP contribution in [-0.2, 0) is 14.2 Å². The van der Waals surface area contributed by atoms with Crippen molar-refractivity contribution in [2.45, 2.75) is 118 Å². The smallest absolute Gasteiger partial charge is 0.105 e. The van der Waals surface area contributed by atoms with E-state index >= 15 is 0 Å². The van der Waals surface area contributed by atoms with Crippen molar-refractivity contribution in [2.75, 3.05) is 0 Å². The molecule has 10 atom stereocenters. The fraction of sp³-hybridized carbons (Fsp3) is 1.00. The van der Waals surface area contributed by atoms with E-state index in [1.165, 1.54) is 77.0 Å². The Labute approximate surface area is 155 Å². The fourth-order valence-corrected chi connectivity index (χ4v) is 12.1. The van der Waals surface area contributed by atoms with E-state index in [2.05, 4.69) is 6.92 Å². The van der Waals surface area contributed by atoms with Crippen molar-refractivity contribution in [3.05, 3.63) is 0 Å². The van der Waals surface area contributed by atoms with E-state index in [-0.39, 0.29) is 33.6 Å². The van der Waals surface area contributed by atoms with E-state index in [9.17, 15) is 0 Å². The van der Waals surface area contributed by atoms with E-state index in [1.54, 1.807) is 0 Å². The van der Waals surface area contributed by atoms with Crippen LogP contribution in [0.25, 0.3) is 0 Å². The highest BCUT2D eigenvalue weighted by Crippen LogP contribution is 2.99. The second-order valence-electron chi connectivity index (χ2n) is 11.9. The van der Waals surface area contributed by atoms with Gasteiger partial charge in [0.1, 0.15) is 33.6 Å². The molecular formula is C23H30O3. The van der Waals surface area contributed by atoms with Gasteiger partial charge in [-0.3, -0.25) is 0 Å². The SMILES string of the molecule is CC12C3[C@@]45CCCC[C@@]4(O5)C1[C@@]14CCCC[C@@]1(O4)C2[C@]12CCCC[C@]31O2. The van der Waals surface area contributed by atoms with Gasteiger partial charge in [-0.05, 0) is 43.9 Å². The first kappa shape index (κ1) is 14.0. The summed E-state index contributed by atoms with van der Waals surface area (Å²) in [6.07, 6.45) is 16.1. The van der Waals surface area contributed by atoms with Crippen molar-refractivity contribution in [1.82, 2.24) is 0 Å². The Bertz CT molecular complexity index is 653. The summed E-state index contributed by atoms with van der Waals surface area (Å²) >= 11 is 0. The van der Waals surface area contributed by atoms with E-state index < -0.39 is 0 Å². The van der Waals surface area contributed by atoms with Crippen molar-refractivity contribution in [1.29, 1.82) is 0 Å². The molecule has 0 spiro atoms. The molecule has 0 amide bonds. The highest BCUT2D eigenvalue weighted by molar-refractivity contribution is 5.57. The van der Waals surface area contributed by atoms with Crippen LogP contribution in [0, 0.1) is 23.2 Å². The zero-order valence-corrected chi connectivity index (χ0v) is 15.9. The quantitative estimate of drug-likeness (QED) is 0.614. The van der Waals surface area contributed by atoms with Crippen molar-refractivity contribution >= 4 is 0 Å². The van der Waals surface area contributed by atoms with Crippen LogP contribution in [0.15, 0.2) is 0 Å². The maximum Gasteiger partial charge on any atom is 0.105 e. The normalized spacial score (nSPS) is 78.1. The standard InChI is InChI=1S/C23H30O3/c1-17-14-18-8-2-3-9-19(18,24-18)15(17)21-11-6-7-13-23(21,26-21)16(17)22-12-5-4-10-20(14,22)25-22/h14-16H,2-13H2,1H3/t14?,15?,16?,17?,18-,19+,20-,21-,22+,23+. The number of ether oxygens (including phenoxy) is 3. The van der Waals surface area contributed by atoms with Crippen LogP contribution in [0.5, 0.6) is 0 Å². The number of hydrogen-bond donors (Lipinski definition) is 0. The number of hydrogen-bond acceptors (Lipinski definition) is 3. The molecule has 4 unspecified atom stereocenters. The van der Waals surface area contributed by atoms with E-state index in [0.717, 1.165) is 0 Å². The molecular weight excluding hydrogens is 324 g/mol. The van der Waals surface area contributed by atoms with Crippen LogP contribution in [-0.4, -0.2) is 33.6 Å². The summed E-state index contributed by atoms with van der Waals surface area (Å²) in [5.41, 5.74) is 1.44. The topological polar surface area (TPSA) is 37.6 Å². The first-order valence-corrected chi connectivity index (χ1v) is 11.7. The molecule has 0 N–H and O–H groups in total. The molecule has 9 fully saturated rings. The summed E-state index contributed by atoms with van der Waals surface area (Å²) < 4.78 is 21.0. The van der Waals surface area contributed by atoms with Gasteiger partial charge in [0.25, 0.3) is 0 Å². The number of rotatable bonds is 0. The van der Waals surface area contributed by atoms with E-state index in [4.69, 9.17) is 14.2 Å². The summed E-state index contributed by atoms with van der Waals surface area (Å²) in [5, 5.41) is 0. The first-order chi connectivity index (χ1) is 12.6. The fourth-order valence-electron chi connectivity index (χ4n) is 12.1. The lowest BCUT2D eigenvalue weighted by Crippen LogP contribution is -2.45. The Morgan fingerprint density at radius 3 is 0.923 bits per heavy atom. The van der Waals surface area contributed by atoms with Crippen molar-refractivity contribution in [2.24, 2.45) is 23.2 Å². The van der Waals surface area contributed by atoms with Gasteiger partial charge in [0.15, 0.2) is 0 Å². The largest absolute Gasteiger partial charge is 0.362 e. The predicted octanol–water partition coefficient (Wildman–Crippen LogP) is 4.13. The van der Waals surface area contributed by atoms with Crippen LogP contribution in [0.1, 0.15) is 84.0 Å². The highest BCUT2D eigenvalue weighted by atomic mass is 16.7. The minimum absolute atomic E-state index is 0.169. The van der Waals surface area contributed by atoms with E-state index in [0.29, 0.717) is 23.2 Å². The Kier molecular flexibility index (Phi) is 1.75. The molecule has 26 heavy (non-hydrogen) atoms. The van der Waals surface area contributed by atoms with Gasteiger partial charge in [-0.2, -0.15) is 0 Å². The maximum absolute atomic E-state index is 7.01. The summed E-state index contributed by atoms with van der Waals surface area (Å²) in [6.45, 7) is 2.71. The molecule has 3 heteroatoms. The molecule has 3 aliphatic heterocycles. The maximum atomic E-state index is 7.01. The Hall–Kier alpha value is -0.120.